The monoisotopic (exact) mass is 571 g/mol. The average molecular weight is 572 g/mol. The molecule has 0 bridgehead atoms. The van der Waals surface area contributed by atoms with E-state index in [1.807, 2.05) is 29.2 Å². The van der Waals surface area contributed by atoms with Crippen molar-refractivity contribution in [2.24, 2.45) is 5.92 Å². The zero-order valence-electron chi connectivity index (χ0n) is 23.4. The Kier molecular flexibility index (Phi) is 8.39. The number of alkyl halides is 2. The van der Waals surface area contributed by atoms with Gasteiger partial charge < -0.3 is 10.5 Å². The molecule has 8 nitrogen and oxygen atoms in total. The Morgan fingerprint density at radius 2 is 1.83 bits per heavy atom. The average Bonchev–Trinajstić information content (AvgIpc) is 3.65. The van der Waals surface area contributed by atoms with Gasteiger partial charge >= 0.3 is 6.61 Å². The Labute approximate surface area is 243 Å². The van der Waals surface area contributed by atoms with E-state index in [9.17, 15) is 8.78 Å². The van der Waals surface area contributed by atoms with E-state index in [4.69, 9.17) is 5.73 Å². The molecule has 0 saturated heterocycles. The first-order valence-electron chi connectivity index (χ1n) is 14.6. The topological polar surface area (TPSA) is 108 Å². The summed E-state index contributed by atoms with van der Waals surface area (Å²) in [6, 6.07) is 19.5. The van der Waals surface area contributed by atoms with E-state index in [1.54, 1.807) is 12.1 Å². The molecule has 0 spiro atoms. The molecule has 0 radical (unpaired) electrons. The predicted molar refractivity (Wildman–Crippen MR) is 157 cm³/mol. The first-order chi connectivity index (χ1) is 20.5. The lowest BCUT2D eigenvalue weighted by atomic mass is 9.76. The summed E-state index contributed by atoms with van der Waals surface area (Å²) >= 11 is 0. The molecule has 0 amide bonds. The molecule has 3 aromatic heterocycles. The zero-order chi connectivity index (χ0) is 28.9. The van der Waals surface area contributed by atoms with Crippen molar-refractivity contribution in [3.05, 3.63) is 95.3 Å². The number of hydrogen-bond acceptors (Lipinski definition) is 6. The molecule has 1 atom stereocenters. The number of nitrogen functional groups attached to an aromatic ring is 1. The highest BCUT2D eigenvalue weighted by molar-refractivity contribution is 5.77. The summed E-state index contributed by atoms with van der Waals surface area (Å²) in [5.74, 6) is 1.94. The second-order valence-corrected chi connectivity index (χ2v) is 11.2. The molecule has 6 rings (SSSR count). The maximum Gasteiger partial charge on any atom is 0.387 e. The van der Waals surface area contributed by atoms with E-state index in [0.29, 0.717) is 29.4 Å². The predicted octanol–water partition coefficient (Wildman–Crippen LogP) is 7.06. The molecule has 3 N–H and O–H groups in total. The normalized spacial score (nSPS) is 18.0. The summed E-state index contributed by atoms with van der Waals surface area (Å²) in [6.45, 7) is -2.44. The number of anilines is 1. The molecule has 0 aliphatic heterocycles. The van der Waals surface area contributed by atoms with Crippen LogP contribution >= 0.6 is 0 Å². The molecule has 1 aliphatic rings. The molecule has 3 heterocycles. The number of nitrogens with zero attached hydrogens (tertiary/aromatic N) is 5. The van der Waals surface area contributed by atoms with Gasteiger partial charge in [-0.3, -0.25) is 4.68 Å². The van der Waals surface area contributed by atoms with Crippen LogP contribution in [-0.4, -0.2) is 36.8 Å². The maximum atomic E-state index is 12.7. The van der Waals surface area contributed by atoms with Gasteiger partial charge in [0.05, 0.1) is 12.7 Å². The molecule has 1 saturated carbocycles. The van der Waals surface area contributed by atoms with Gasteiger partial charge in [0.25, 0.3) is 0 Å². The van der Waals surface area contributed by atoms with E-state index in [-0.39, 0.29) is 11.7 Å². The molecule has 42 heavy (non-hydrogen) atoms. The van der Waals surface area contributed by atoms with E-state index < -0.39 is 6.61 Å². The minimum Gasteiger partial charge on any atom is -0.435 e. The third kappa shape index (κ3) is 6.58. The quantitative estimate of drug-likeness (QED) is 0.176. The van der Waals surface area contributed by atoms with Crippen molar-refractivity contribution in [2.75, 3.05) is 5.73 Å². The first-order valence-corrected chi connectivity index (χ1v) is 14.6. The highest BCUT2D eigenvalue weighted by Crippen LogP contribution is 2.39. The Morgan fingerprint density at radius 3 is 2.64 bits per heavy atom. The third-order valence-electron chi connectivity index (χ3n) is 8.46. The summed E-state index contributed by atoms with van der Waals surface area (Å²) in [7, 11) is 0. The maximum absolute atomic E-state index is 12.7. The van der Waals surface area contributed by atoms with Gasteiger partial charge in [-0.25, -0.2) is 4.98 Å². The SMILES string of the molecule is Nc1cc(C(CCCC2CCC(c3ccccc3)CC2)c2cnn(Cc3cccc(OC(F)F)c3)c2)c2n[nH]nc2n1. The fraction of sp³-hybridized carbons (Fsp3) is 0.375. The summed E-state index contributed by atoms with van der Waals surface area (Å²) in [4.78, 5) is 4.33. The second kappa shape index (κ2) is 12.7. The minimum atomic E-state index is -2.86. The van der Waals surface area contributed by atoms with Gasteiger partial charge in [-0.05, 0) is 84.4 Å². The van der Waals surface area contributed by atoms with Crippen LogP contribution in [-0.2, 0) is 6.54 Å². The fourth-order valence-electron chi connectivity index (χ4n) is 6.42. The Balaban J connectivity index is 1.16. The number of halogens is 2. The third-order valence-corrected chi connectivity index (χ3v) is 8.46. The number of ether oxygens (including phenoxy) is 1. The molecule has 1 unspecified atom stereocenters. The van der Waals surface area contributed by atoms with Gasteiger partial charge in [0.2, 0.25) is 5.65 Å². The Bertz CT molecular complexity index is 1600. The van der Waals surface area contributed by atoms with Crippen LogP contribution in [0.4, 0.5) is 14.6 Å². The summed E-state index contributed by atoms with van der Waals surface area (Å²) in [6.07, 6.45) is 12.0. The van der Waals surface area contributed by atoms with Crippen LogP contribution < -0.4 is 10.5 Å². The van der Waals surface area contributed by atoms with Crippen LogP contribution in [0.5, 0.6) is 5.75 Å². The van der Waals surface area contributed by atoms with Gasteiger partial charge in [-0.15, -0.1) is 5.10 Å². The largest absolute Gasteiger partial charge is 0.435 e. The van der Waals surface area contributed by atoms with Crippen molar-refractivity contribution >= 4 is 17.0 Å². The highest BCUT2D eigenvalue weighted by atomic mass is 19.3. The number of aromatic nitrogens is 6. The smallest absolute Gasteiger partial charge is 0.387 e. The van der Waals surface area contributed by atoms with Crippen LogP contribution in [0.3, 0.4) is 0 Å². The van der Waals surface area contributed by atoms with Gasteiger partial charge in [0, 0.05) is 12.1 Å². The van der Waals surface area contributed by atoms with Gasteiger partial charge in [0.1, 0.15) is 17.1 Å². The number of nitrogens with two attached hydrogens (primary N) is 1. The molecule has 10 heteroatoms. The van der Waals surface area contributed by atoms with Crippen LogP contribution in [0.15, 0.2) is 73.1 Å². The number of benzene rings is 2. The lowest BCUT2D eigenvalue weighted by Gasteiger charge is -2.29. The fourth-order valence-corrected chi connectivity index (χ4v) is 6.42. The molecule has 1 fully saturated rings. The number of H-pyrrole nitrogens is 1. The summed E-state index contributed by atoms with van der Waals surface area (Å²) in [5.41, 5.74) is 11.7. The summed E-state index contributed by atoms with van der Waals surface area (Å²) in [5, 5.41) is 15.9. The minimum absolute atomic E-state index is 0.00538. The summed E-state index contributed by atoms with van der Waals surface area (Å²) < 4.78 is 31.8. The van der Waals surface area contributed by atoms with Crippen molar-refractivity contribution in [1.82, 2.24) is 30.2 Å². The van der Waals surface area contributed by atoms with Crippen molar-refractivity contribution in [1.29, 1.82) is 0 Å². The number of pyridine rings is 1. The molecule has 5 aromatic rings. The van der Waals surface area contributed by atoms with Crippen LogP contribution in [0.25, 0.3) is 11.2 Å². The Morgan fingerprint density at radius 1 is 1.00 bits per heavy atom. The van der Waals surface area contributed by atoms with E-state index in [1.165, 1.54) is 43.7 Å². The molecule has 2 aromatic carbocycles. The second-order valence-electron chi connectivity index (χ2n) is 11.2. The van der Waals surface area contributed by atoms with Crippen LogP contribution in [0.2, 0.25) is 0 Å². The lowest BCUT2D eigenvalue weighted by Crippen LogP contribution is -2.14. The van der Waals surface area contributed by atoms with Crippen molar-refractivity contribution in [3.63, 3.8) is 0 Å². The van der Waals surface area contributed by atoms with Gasteiger partial charge in [-0.1, -0.05) is 55.3 Å². The van der Waals surface area contributed by atoms with Crippen molar-refractivity contribution in [2.45, 2.75) is 69.9 Å². The molecule has 218 valence electrons. The van der Waals surface area contributed by atoms with Crippen molar-refractivity contribution in [3.8, 4) is 5.75 Å². The van der Waals surface area contributed by atoms with Crippen LogP contribution in [0, 0.1) is 5.92 Å². The number of nitrogens with one attached hydrogen (secondary N) is 1. The van der Waals surface area contributed by atoms with Gasteiger partial charge in [-0.2, -0.15) is 24.2 Å². The lowest BCUT2D eigenvalue weighted by molar-refractivity contribution is -0.0498. The zero-order valence-corrected chi connectivity index (χ0v) is 23.4. The molecular weight excluding hydrogens is 536 g/mol. The number of hydrogen-bond donors (Lipinski definition) is 2. The number of fused-ring (bicyclic) bond motifs is 1. The van der Waals surface area contributed by atoms with Gasteiger partial charge in [0.15, 0.2) is 0 Å². The van der Waals surface area contributed by atoms with Crippen molar-refractivity contribution < 1.29 is 13.5 Å². The number of aromatic amines is 1. The Hall–Kier alpha value is -4.34. The first kappa shape index (κ1) is 27.8. The number of rotatable bonds is 11. The molecular formula is C32H35F2N7O. The van der Waals surface area contributed by atoms with E-state index in [2.05, 4.69) is 60.6 Å². The molecule has 1 aliphatic carbocycles. The standard InChI is InChI=1S/C32H35F2N7O/c33-32(34)42-26-10-4-7-22(16-26)19-41-20-25(18-36-41)27(28-17-29(35)37-31-30(28)38-40-39-31)11-5-6-21-12-14-24(15-13-21)23-8-2-1-3-9-23/h1-4,7-10,16-18,20-21,24,27,32H,5-6,11-15,19H2,(H3,35,37,38,39,40). The van der Waals surface area contributed by atoms with Crippen LogP contribution in [0.1, 0.15) is 79.0 Å². The highest BCUT2D eigenvalue weighted by Gasteiger charge is 2.25. The van der Waals surface area contributed by atoms with E-state index in [0.717, 1.165) is 35.4 Å². The van der Waals surface area contributed by atoms with E-state index >= 15 is 0 Å².